The maximum Gasteiger partial charge on any atom is 0.249 e. The lowest BCUT2D eigenvalue weighted by Crippen LogP contribution is -1.99. The maximum absolute atomic E-state index is 13.4. The molecule has 0 aliphatic rings. The van der Waals surface area contributed by atoms with Gasteiger partial charge < -0.3 is 4.42 Å². The first-order chi connectivity index (χ1) is 15.7. The van der Waals surface area contributed by atoms with Gasteiger partial charge in [0.1, 0.15) is 5.82 Å². The van der Waals surface area contributed by atoms with Gasteiger partial charge in [-0.05, 0) is 48.5 Å². The smallest absolute Gasteiger partial charge is 0.249 e. The van der Waals surface area contributed by atoms with E-state index in [1.54, 1.807) is 18.2 Å². The summed E-state index contributed by atoms with van der Waals surface area (Å²) in [5.74, 6) is 1.51. The minimum Gasteiger partial charge on any atom is -0.420 e. The van der Waals surface area contributed by atoms with Crippen LogP contribution in [0.1, 0.15) is 5.89 Å². The summed E-state index contributed by atoms with van der Waals surface area (Å²) in [6.45, 7) is 0. The molecule has 0 bridgehead atoms. The maximum atomic E-state index is 13.4. The highest BCUT2D eigenvalue weighted by Gasteiger charge is 2.18. The van der Waals surface area contributed by atoms with E-state index < -0.39 is 0 Å². The second-order valence-corrected chi connectivity index (χ2v) is 8.10. The molecule has 9 heteroatoms. The Labute approximate surface area is 192 Å². The van der Waals surface area contributed by atoms with Gasteiger partial charge in [-0.25, -0.2) is 4.39 Å². The van der Waals surface area contributed by atoms with Crippen molar-refractivity contribution in [2.24, 2.45) is 0 Å². The molecule has 2 heterocycles. The van der Waals surface area contributed by atoms with E-state index in [0.717, 1.165) is 11.3 Å². The Balaban J connectivity index is 1.44. The fraction of sp³-hybridized carbons (Fsp3) is 0.0435. The molecule has 0 aliphatic carbocycles. The molecular formula is C23H15ClFN5OS. The summed E-state index contributed by atoms with van der Waals surface area (Å²) in [7, 11) is 0. The minimum absolute atomic E-state index is 0.306. The van der Waals surface area contributed by atoms with Crippen LogP contribution in [-0.2, 0) is 5.75 Å². The van der Waals surface area contributed by atoms with Crippen LogP contribution in [0.5, 0.6) is 0 Å². The molecule has 5 aromatic rings. The van der Waals surface area contributed by atoms with E-state index in [0.29, 0.717) is 39.1 Å². The number of rotatable bonds is 6. The number of hydrogen-bond acceptors (Lipinski definition) is 6. The second-order valence-electron chi connectivity index (χ2n) is 6.75. The van der Waals surface area contributed by atoms with Gasteiger partial charge in [0, 0.05) is 11.3 Å². The van der Waals surface area contributed by atoms with Crippen molar-refractivity contribution in [3.63, 3.8) is 0 Å². The third-order valence-electron chi connectivity index (χ3n) is 4.65. The van der Waals surface area contributed by atoms with Crippen LogP contribution in [-0.4, -0.2) is 25.0 Å². The van der Waals surface area contributed by atoms with Gasteiger partial charge in [-0.1, -0.05) is 53.7 Å². The van der Waals surface area contributed by atoms with Crippen molar-refractivity contribution >= 4 is 23.4 Å². The molecule has 0 fully saturated rings. The summed E-state index contributed by atoms with van der Waals surface area (Å²) >= 11 is 7.63. The lowest BCUT2D eigenvalue weighted by atomic mass is 10.2. The number of thioether (sulfide) groups is 1. The highest BCUT2D eigenvalue weighted by molar-refractivity contribution is 7.98. The third kappa shape index (κ3) is 4.15. The van der Waals surface area contributed by atoms with Gasteiger partial charge in [-0.2, -0.15) is 0 Å². The largest absolute Gasteiger partial charge is 0.420 e. The Bertz CT molecular complexity index is 1350. The molecule has 0 unspecified atom stereocenters. The molecule has 3 aromatic carbocycles. The van der Waals surface area contributed by atoms with E-state index in [1.165, 1.54) is 23.9 Å². The van der Waals surface area contributed by atoms with E-state index >= 15 is 0 Å². The van der Waals surface area contributed by atoms with Gasteiger partial charge in [0.25, 0.3) is 0 Å². The zero-order valence-corrected chi connectivity index (χ0v) is 18.1. The molecule has 0 amide bonds. The fourth-order valence-corrected chi connectivity index (χ4v) is 4.15. The van der Waals surface area contributed by atoms with Crippen LogP contribution in [0.2, 0.25) is 5.02 Å². The van der Waals surface area contributed by atoms with Gasteiger partial charge in [-0.3, -0.25) is 4.57 Å². The van der Waals surface area contributed by atoms with Crippen molar-refractivity contribution in [1.82, 2.24) is 25.0 Å². The Morgan fingerprint density at radius 1 is 0.844 bits per heavy atom. The average molecular weight is 464 g/mol. The molecule has 0 N–H and O–H groups in total. The summed E-state index contributed by atoms with van der Waals surface area (Å²) in [5, 5.41) is 18.1. The standard InChI is InChI=1S/C23H15ClFN5OS/c24-19-9-5-4-8-18(19)22-28-26-20(31-22)14-32-23-29-27-21(15-10-12-16(25)13-11-15)30(23)17-6-2-1-3-7-17/h1-13H,14H2. The van der Waals surface area contributed by atoms with Crippen molar-refractivity contribution in [3.8, 4) is 28.5 Å². The van der Waals surface area contributed by atoms with Crippen molar-refractivity contribution in [2.45, 2.75) is 10.9 Å². The lowest BCUT2D eigenvalue weighted by Gasteiger charge is -2.09. The van der Waals surface area contributed by atoms with E-state index in [1.807, 2.05) is 53.1 Å². The van der Waals surface area contributed by atoms with E-state index in [-0.39, 0.29) is 5.82 Å². The van der Waals surface area contributed by atoms with Crippen LogP contribution in [0.25, 0.3) is 28.5 Å². The number of nitrogens with zero attached hydrogens (tertiary/aromatic N) is 5. The molecule has 6 nitrogen and oxygen atoms in total. The summed E-state index contributed by atoms with van der Waals surface area (Å²) in [6.07, 6.45) is 0. The van der Waals surface area contributed by atoms with Gasteiger partial charge in [0.15, 0.2) is 11.0 Å². The summed E-state index contributed by atoms with van der Waals surface area (Å²) < 4.78 is 21.1. The van der Waals surface area contributed by atoms with Crippen molar-refractivity contribution in [3.05, 3.63) is 95.6 Å². The summed E-state index contributed by atoms with van der Waals surface area (Å²) in [5.41, 5.74) is 2.33. The highest BCUT2D eigenvalue weighted by atomic mass is 35.5. The first-order valence-corrected chi connectivity index (χ1v) is 11.0. The molecule has 0 saturated carbocycles. The molecule has 0 spiro atoms. The van der Waals surface area contributed by atoms with Crippen molar-refractivity contribution in [1.29, 1.82) is 0 Å². The van der Waals surface area contributed by atoms with Gasteiger partial charge >= 0.3 is 0 Å². The molecule has 0 saturated heterocycles. The number of benzene rings is 3. The molecule has 0 aliphatic heterocycles. The van der Waals surface area contributed by atoms with Crippen LogP contribution in [0.4, 0.5) is 4.39 Å². The van der Waals surface area contributed by atoms with Gasteiger partial charge in [0.05, 0.1) is 16.3 Å². The fourth-order valence-electron chi connectivity index (χ4n) is 3.14. The molecule has 2 aromatic heterocycles. The van der Waals surface area contributed by atoms with E-state index in [2.05, 4.69) is 20.4 Å². The zero-order chi connectivity index (χ0) is 21.9. The highest BCUT2D eigenvalue weighted by Crippen LogP contribution is 2.31. The zero-order valence-electron chi connectivity index (χ0n) is 16.5. The lowest BCUT2D eigenvalue weighted by molar-refractivity contribution is 0.528. The Kier molecular flexibility index (Phi) is 5.70. The molecule has 5 rings (SSSR count). The third-order valence-corrected chi connectivity index (χ3v) is 5.89. The first kappa shape index (κ1) is 20.4. The Morgan fingerprint density at radius 2 is 1.59 bits per heavy atom. The van der Waals surface area contributed by atoms with Crippen LogP contribution >= 0.6 is 23.4 Å². The van der Waals surface area contributed by atoms with Gasteiger partial charge in [0.2, 0.25) is 11.8 Å². The quantitative estimate of drug-likeness (QED) is 0.285. The molecule has 0 atom stereocenters. The van der Waals surface area contributed by atoms with E-state index in [4.69, 9.17) is 16.0 Å². The normalized spacial score (nSPS) is 11.1. The molecular weight excluding hydrogens is 449 g/mol. The number of hydrogen-bond donors (Lipinski definition) is 0. The molecule has 32 heavy (non-hydrogen) atoms. The number of para-hydroxylation sites is 1. The predicted octanol–water partition coefficient (Wildman–Crippen LogP) is 6.07. The Morgan fingerprint density at radius 3 is 2.38 bits per heavy atom. The number of halogens is 2. The average Bonchev–Trinajstić information content (AvgIpc) is 3.46. The minimum atomic E-state index is -0.306. The van der Waals surface area contributed by atoms with Crippen molar-refractivity contribution < 1.29 is 8.81 Å². The topological polar surface area (TPSA) is 69.6 Å². The monoisotopic (exact) mass is 463 g/mol. The molecule has 0 radical (unpaired) electrons. The SMILES string of the molecule is Fc1ccc(-c2nnc(SCc3nnc(-c4ccccc4Cl)o3)n2-c2ccccc2)cc1. The second kappa shape index (κ2) is 8.94. The van der Waals surface area contributed by atoms with Crippen LogP contribution in [0, 0.1) is 5.82 Å². The van der Waals surface area contributed by atoms with Crippen molar-refractivity contribution in [2.75, 3.05) is 0 Å². The Hall–Kier alpha value is -3.49. The first-order valence-electron chi connectivity index (χ1n) is 9.66. The van der Waals surface area contributed by atoms with E-state index in [9.17, 15) is 4.39 Å². The van der Waals surface area contributed by atoms with Crippen LogP contribution < -0.4 is 0 Å². The summed E-state index contributed by atoms with van der Waals surface area (Å²) in [4.78, 5) is 0. The van der Waals surface area contributed by atoms with Crippen LogP contribution in [0.3, 0.4) is 0 Å². The number of aromatic nitrogens is 5. The summed E-state index contributed by atoms with van der Waals surface area (Å²) in [6, 6.07) is 23.2. The predicted molar refractivity (Wildman–Crippen MR) is 121 cm³/mol. The van der Waals surface area contributed by atoms with Crippen LogP contribution in [0.15, 0.2) is 88.4 Å². The molecule has 158 valence electrons. The van der Waals surface area contributed by atoms with Gasteiger partial charge in [-0.15, -0.1) is 20.4 Å².